The van der Waals surface area contributed by atoms with Gasteiger partial charge < -0.3 is 19.8 Å². The van der Waals surface area contributed by atoms with Gasteiger partial charge in [0, 0.05) is 5.69 Å². The van der Waals surface area contributed by atoms with E-state index >= 15 is 0 Å². The standard InChI is InChI=1S/C18H19FN2O5/c1-10-6-7-13(9-14(10)19)21-16(22)12(3)26-18(24)11(2)20-17(23)15-5-4-8-25-15/h4-9,11-12H,1-3H3,(H,20,23)(H,21,22)/t11-,12-/m0/s1. The second-order valence-corrected chi connectivity index (χ2v) is 5.70. The second-order valence-electron chi connectivity index (χ2n) is 5.70. The molecule has 0 aliphatic carbocycles. The van der Waals surface area contributed by atoms with E-state index in [9.17, 15) is 18.8 Å². The summed E-state index contributed by atoms with van der Waals surface area (Å²) in [5.74, 6) is -2.39. The number of amides is 2. The van der Waals surface area contributed by atoms with E-state index < -0.39 is 35.7 Å². The summed E-state index contributed by atoms with van der Waals surface area (Å²) in [7, 11) is 0. The Bertz CT molecular complexity index is 804. The number of rotatable bonds is 6. The highest BCUT2D eigenvalue weighted by Gasteiger charge is 2.24. The molecule has 0 bridgehead atoms. The number of hydrogen-bond donors (Lipinski definition) is 2. The van der Waals surface area contributed by atoms with Gasteiger partial charge in [-0.1, -0.05) is 6.07 Å². The zero-order valence-electron chi connectivity index (χ0n) is 14.5. The lowest BCUT2D eigenvalue weighted by molar-refractivity contribution is -0.154. The molecule has 1 heterocycles. The zero-order valence-corrected chi connectivity index (χ0v) is 14.5. The molecule has 0 aliphatic rings. The topological polar surface area (TPSA) is 97.6 Å². The van der Waals surface area contributed by atoms with Gasteiger partial charge in [0.2, 0.25) is 0 Å². The monoisotopic (exact) mass is 362 g/mol. The molecule has 1 aromatic carbocycles. The predicted octanol–water partition coefficient (Wildman–Crippen LogP) is 2.42. The summed E-state index contributed by atoms with van der Waals surface area (Å²) >= 11 is 0. The molecule has 0 saturated carbocycles. The van der Waals surface area contributed by atoms with E-state index in [1.165, 1.54) is 50.4 Å². The average molecular weight is 362 g/mol. The van der Waals surface area contributed by atoms with Crippen molar-refractivity contribution in [3.8, 4) is 0 Å². The molecule has 0 unspecified atom stereocenters. The number of nitrogens with one attached hydrogen (secondary N) is 2. The highest BCUT2D eigenvalue weighted by molar-refractivity contribution is 5.97. The van der Waals surface area contributed by atoms with E-state index in [1.54, 1.807) is 6.92 Å². The lowest BCUT2D eigenvalue weighted by Gasteiger charge is -2.17. The minimum atomic E-state index is -1.13. The Kier molecular flexibility index (Phi) is 6.11. The minimum Gasteiger partial charge on any atom is -0.459 e. The van der Waals surface area contributed by atoms with Crippen LogP contribution >= 0.6 is 0 Å². The van der Waals surface area contributed by atoms with Crippen LogP contribution in [0.25, 0.3) is 0 Å². The van der Waals surface area contributed by atoms with E-state index in [-0.39, 0.29) is 11.4 Å². The summed E-state index contributed by atoms with van der Waals surface area (Å²) in [5, 5.41) is 4.86. The fourth-order valence-electron chi connectivity index (χ4n) is 1.98. The van der Waals surface area contributed by atoms with Gasteiger partial charge in [0.15, 0.2) is 11.9 Å². The molecule has 1 aromatic heterocycles. The van der Waals surface area contributed by atoms with Gasteiger partial charge in [-0.05, 0) is 50.6 Å². The third-order valence-corrected chi connectivity index (χ3v) is 3.55. The van der Waals surface area contributed by atoms with Gasteiger partial charge in [0.05, 0.1) is 6.26 Å². The number of ether oxygens (including phenoxy) is 1. The molecule has 26 heavy (non-hydrogen) atoms. The number of halogens is 1. The summed E-state index contributed by atoms with van der Waals surface area (Å²) in [6.45, 7) is 4.39. The van der Waals surface area contributed by atoms with Crippen LogP contribution in [0.3, 0.4) is 0 Å². The van der Waals surface area contributed by atoms with Crippen molar-refractivity contribution in [1.29, 1.82) is 0 Å². The fourth-order valence-corrected chi connectivity index (χ4v) is 1.98. The van der Waals surface area contributed by atoms with Crippen molar-refractivity contribution in [3.63, 3.8) is 0 Å². The van der Waals surface area contributed by atoms with Crippen molar-refractivity contribution >= 4 is 23.5 Å². The van der Waals surface area contributed by atoms with Gasteiger partial charge in [0.25, 0.3) is 11.8 Å². The van der Waals surface area contributed by atoms with E-state index in [4.69, 9.17) is 9.15 Å². The smallest absolute Gasteiger partial charge is 0.329 e. The van der Waals surface area contributed by atoms with Gasteiger partial charge >= 0.3 is 5.97 Å². The normalized spacial score (nSPS) is 12.8. The van der Waals surface area contributed by atoms with Gasteiger partial charge in [-0.25, -0.2) is 9.18 Å². The molecule has 0 saturated heterocycles. The quantitative estimate of drug-likeness (QED) is 0.769. The summed E-state index contributed by atoms with van der Waals surface area (Å²) in [6.07, 6.45) is 0.202. The van der Waals surface area contributed by atoms with Gasteiger partial charge in [-0.2, -0.15) is 0 Å². The molecule has 2 aromatic rings. The van der Waals surface area contributed by atoms with Crippen LogP contribution in [0, 0.1) is 12.7 Å². The average Bonchev–Trinajstić information content (AvgIpc) is 3.12. The van der Waals surface area contributed by atoms with Crippen LogP contribution in [0.4, 0.5) is 10.1 Å². The number of benzene rings is 1. The Balaban J connectivity index is 1.87. The lowest BCUT2D eigenvalue weighted by atomic mass is 10.2. The number of furan rings is 1. The fraction of sp³-hybridized carbons (Fsp3) is 0.278. The molecule has 2 rings (SSSR count). The third-order valence-electron chi connectivity index (χ3n) is 3.55. The summed E-state index contributed by atoms with van der Waals surface area (Å²) < 4.78 is 23.4. The van der Waals surface area contributed by atoms with Crippen LogP contribution in [-0.4, -0.2) is 29.9 Å². The summed E-state index contributed by atoms with van der Waals surface area (Å²) in [6, 6.07) is 6.24. The van der Waals surface area contributed by atoms with Crippen LogP contribution in [0.15, 0.2) is 41.0 Å². The van der Waals surface area contributed by atoms with Crippen LogP contribution in [0.5, 0.6) is 0 Å². The van der Waals surface area contributed by atoms with E-state index in [2.05, 4.69) is 10.6 Å². The number of carbonyl (C=O) groups is 3. The SMILES string of the molecule is Cc1ccc(NC(=O)[C@H](C)OC(=O)[C@H](C)NC(=O)c2ccco2)cc1F. The Morgan fingerprint density at radius 3 is 2.54 bits per heavy atom. The number of anilines is 1. The van der Waals surface area contributed by atoms with Gasteiger partial charge in [0.1, 0.15) is 11.9 Å². The Morgan fingerprint density at radius 2 is 1.92 bits per heavy atom. The lowest BCUT2D eigenvalue weighted by Crippen LogP contribution is -2.42. The molecule has 138 valence electrons. The molecule has 0 spiro atoms. The van der Waals surface area contributed by atoms with Crippen molar-refractivity contribution in [2.45, 2.75) is 32.9 Å². The molecule has 0 radical (unpaired) electrons. The van der Waals surface area contributed by atoms with Crippen LogP contribution in [0.2, 0.25) is 0 Å². The van der Waals surface area contributed by atoms with E-state index in [1.807, 2.05) is 0 Å². The molecule has 0 fully saturated rings. The number of carbonyl (C=O) groups excluding carboxylic acids is 3. The molecule has 2 N–H and O–H groups in total. The highest BCUT2D eigenvalue weighted by Crippen LogP contribution is 2.14. The predicted molar refractivity (Wildman–Crippen MR) is 91.0 cm³/mol. The molecule has 0 aliphatic heterocycles. The van der Waals surface area contributed by atoms with Crippen LogP contribution in [-0.2, 0) is 14.3 Å². The molecule has 2 atom stereocenters. The first kappa shape index (κ1) is 19.2. The third kappa shape index (κ3) is 4.92. The second kappa shape index (κ2) is 8.28. The highest BCUT2D eigenvalue weighted by atomic mass is 19.1. The Hall–Kier alpha value is -3.16. The Morgan fingerprint density at radius 1 is 1.19 bits per heavy atom. The van der Waals surface area contributed by atoms with Crippen molar-refractivity contribution in [2.24, 2.45) is 0 Å². The van der Waals surface area contributed by atoms with Gasteiger partial charge in [-0.15, -0.1) is 0 Å². The zero-order chi connectivity index (χ0) is 19.3. The maximum absolute atomic E-state index is 13.5. The summed E-state index contributed by atoms with van der Waals surface area (Å²) in [5.41, 5.74) is 0.698. The van der Waals surface area contributed by atoms with Crippen LogP contribution < -0.4 is 10.6 Å². The largest absolute Gasteiger partial charge is 0.459 e. The number of hydrogen-bond acceptors (Lipinski definition) is 5. The maximum atomic E-state index is 13.5. The van der Waals surface area contributed by atoms with Crippen molar-refractivity contribution in [1.82, 2.24) is 5.32 Å². The van der Waals surface area contributed by atoms with Crippen molar-refractivity contribution in [2.75, 3.05) is 5.32 Å². The number of aryl methyl sites for hydroxylation is 1. The van der Waals surface area contributed by atoms with E-state index in [0.29, 0.717) is 5.56 Å². The molecule has 7 nitrogen and oxygen atoms in total. The molecular formula is C18H19FN2O5. The van der Waals surface area contributed by atoms with Crippen molar-refractivity contribution < 1.29 is 27.9 Å². The summed E-state index contributed by atoms with van der Waals surface area (Å²) in [4.78, 5) is 35.9. The first-order valence-electron chi connectivity index (χ1n) is 7.90. The maximum Gasteiger partial charge on any atom is 0.329 e. The molecule has 8 heteroatoms. The first-order chi connectivity index (χ1) is 12.3. The minimum absolute atomic E-state index is 0.0526. The number of esters is 1. The Labute approximate surface area is 149 Å². The molecular weight excluding hydrogens is 343 g/mol. The van der Waals surface area contributed by atoms with E-state index in [0.717, 1.165) is 0 Å². The van der Waals surface area contributed by atoms with Crippen molar-refractivity contribution in [3.05, 3.63) is 53.7 Å². The van der Waals surface area contributed by atoms with Gasteiger partial charge in [-0.3, -0.25) is 9.59 Å². The molecule has 2 amide bonds. The van der Waals surface area contributed by atoms with Crippen LogP contribution in [0.1, 0.15) is 30.0 Å². The first-order valence-corrected chi connectivity index (χ1v) is 7.90.